The second-order valence-corrected chi connectivity index (χ2v) is 4.37. The minimum Gasteiger partial charge on any atom is -0.478 e. The van der Waals surface area contributed by atoms with Crippen molar-refractivity contribution >= 4 is 28.7 Å². The molecule has 0 bridgehead atoms. The van der Waals surface area contributed by atoms with Gasteiger partial charge in [0, 0.05) is 11.6 Å². The Balaban J connectivity index is 2.14. The second-order valence-electron chi connectivity index (χ2n) is 3.39. The molecular weight excluding hydrogens is 238 g/mol. The van der Waals surface area contributed by atoms with Gasteiger partial charge in [0.15, 0.2) is 0 Å². The summed E-state index contributed by atoms with van der Waals surface area (Å²) in [5.41, 5.74) is 7.10. The molecule has 1 heterocycles. The van der Waals surface area contributed by atoms with Crippen LogP contribution in [0.1, 0.15) is 15.4 Å². The highest BCUT2D eigenvalue weighted by Crippen LogP contribution is 2.21. The molecule has 1 aromatic heterocycles. The number of carbonyl (C=O) groups is 1. The van der Waals surface area contributed by atoms with Crippen molar-refractivity contribution in [1.82, 2.24) is 4.98 Å². The van der Waals surface area contributed by atoms with Crippen LogP contribution in [0.4, 0.5) is 11.4 Å². The van der Waals surface area contributed by atoms with Crippen molar-refractivity contribution in [3.63, 3.8) is 0 Å². The van der Waals surface area contributed by atoms with Crippen molar-refractivity contribution in [2.75, 3.05) is 11.1 Å². The molecule has 0 aliphatic rings. The Labute approximate surface area is 102 Å². The van der Waals surface area contributed by atoms with Gasteiger partial charge in [-0.25, -0.2) is 9.78 Å². The van der Waals surface area contributed by atoms with Gasteiger partial charge in [0.1, 0.15) is 5.01 Å². The lowest BCUT2D eigenvalue weighted by Crippen LogP contribution is -2.04. The first-order chi connectivity index (χ1) is 8.16. The summed E-state index contributed by atoms with van der Waals surface area (Å²) in [6, 6.07) is 4.57. The molecule has 0 amide bonds. The summed E-state index contributed by atoms with van der Waals surface area (Å²) in [7, 11) is 0. The van der Waals surface area contributed by atoms with Crippen LogP contribution in [0.5, 0.6) is 0 Å². The van der Waals surface area contributed by atoms with Crippen LogP contribution in [0.15, 0.2) is 29.8 Å². The third kappa shape index (κ3) is 2.73. The predicted molar refractivity (Wildman–Crippen MR) is 67.3 cm³/mol. The van der Waals surface area contributed by atoms with Crippen LogP contribution in [-0.4, -0.2) is 16.1 Å². The number of aromatic nitrogens is 1. The van der Waals surface area contributed by atoms with Gasteiger partial charge in [-0.3, -0.25) is 0 Å². The smallest absolute Gasteiger partial charge is 0.335 e. The van der Waals surface area contributed by atoms with Gasteiger partial charge in [-0.15, -0.1) is 11.3 Å². The number of hydrogen-bond donors (Lipinski definition) is 3. The molecule has 0 aliphatic carbocycles. The second kappa shape index (κ2) is 4.84. The standard InChI is InChI=1S/C11H11N3O2S/c12-8-2-1-7(11(15)16)5-9(8)14-6-10-13-3-4-17-10/h1-5,14H,6,12H2,(H,15,16). The Morgan fingerprint density at radius 1 is 1.53 bits per heavy atom. The molecule has 0 atom stereocenters. The fourth-order valence-corrected chi connectivity index (χ4v) is 1.91. The van der Waals surface area contributed by atoms with Crippen LogP contribution in [0.3, 0.4) is 0 Å². The normalized spacial score (nSPS) is 10.1. The van der Waals surface area contributed by atoms with Crippen molar-refractivity contribution in [2.45, 2.75) is 6.54 Å². The molecule has 0 unspecified atom stereocenters. The van der Waals surface area contributed by atoms with Crippen LogP contribution in [0.25, 0.3) is 0 Å². The molecule has 0 spiro atoms. The number of hydrogen-bond acceptors (Lipinski definition) is 5. The first kappa shape index (κ1) is 11.4. The number of benzene rings is 1. The number of anilines is 2. The number of nitrogens with zero attached hydrogens (tertiary/aromatic N) is 1. The molecule has 2 rings (SSSR count). The maximum atomic E-state index is 10.8. The van der Waals surface area contributed by atoms with Crippen LogP contribution < -0.4 is 11.1 Å². The fourth-order valence-electron chi connectivity index (χ4n) is 1.35. The Morgan fingerprint density at radius 2 is 2.35 bits per heavy atom. The minimum atomic E-state index is -0.970. The summed E-state index contributed by atoms with van der Waals surface area (Å²) in [6.45, 7) is 0.533. The molecule has 17 heavy (non-hydrogen) atoms. The quantitative estimate of drug-likeness (QED) is 0.721. The molecule has 1 aromatic carbocycles. The highest BCUT2D eigenvalue weighted by molar-refractivity contribution is 7.09. The zero-order valence-electron chi connectivity index (χ0n) is 8.88. The number of aromatic carboxylic acids is 1. The van der Waals surface area contributed by atoms with Gasteiger partial charge in [0.05, 0.1) is 23.5 Å². The molecule has 0 radical (unpaired) electrons. The summed E-state index contributed by atoms with van der Waals surface area (Å²) in [6.07, 6.45) is 1.72. The van der Waals surface area contributed by atoms with E-state index in [4.69, 9.17) is 10.8 Å². The van der Waals surface area contributed by atoms with Gasteiger partial charge < -0.3 is 16.2 Å². The first-order valence-electron chi connectivity index (χ1n) is 4.92. The van der Waals surface area contributed by atoms with E-state index in [0.29, 0.717) is 17.9 Å². The number of carboxylic acid groups (broad SMARTS) is 1. The first-order valence-corrected chi connectivity index (χ1v) is 5.80. The lowest BCUT2D eigenvalue weighted by Gasteiger charge is -2.08. The van der Waals surface area contributed by atoms with E-state index < -0.39 is 5.97 Å². The van der Waals surface area contributed by atoms with Gasteiger partial charge in [-0.1, -0.05) is 0 Å². The molecule has 88 valence electrons. The van der Waals surface area contributed by atoms with Crippen LogP contribution in [-0.2, 0) is 6.54 Å². The van der Waals surface area contributed by atoms with Crippen molar-refractivity contribution in [1.29, 1.82) is 0 Å². The molecular formula is C11H11N3O2S. The summed E-state index contributed by atoms with van der Waals surface area (Å²) in [5, 5.41) is 14.7. The number of nitrogens with one attached hydrogen (secondary N) is 1. The van der Waals surface area contributed by atoms with E-state index >= 15 is 0 Å². The van der Waals surface area contributed by atoms with E-state index in [9.17, 15) is 4.79 Å². The molecule has 0 aliphatic heterocycles. The zero-order valence-corrected chi connectivity index (χ0v) is 9.70. The molecule has 0 fully saturated rings. The van der Waals surface area contributed by atoms with Crippen molar-refractivity contribution in [2.24, 2.45) is 0 Å². The number of rotatable bonds is 4. The SMILES string of the molecule is Nc1ccc(C(=O)O)cc1NCc1nccs1. The molecule has 5 nitrogen and oxygen atoms in total. The summed E-state index contributed by atoms with van der Waals surface area (Å²) >= 11 is 1.53. The van der Waals surface area contributed by atoms with Gasteiger partial charge in [0.25, 0.3) is 0 Å². The van der Waals surface area contributed by atoms with Crippen LogP contribution in [0, 0.1) is 0 Å². The Morgan fingerprint density at radius 3 is 3.00 bits per heavy atom. The molecule has 6 heteroatoms. The number of thiazole rings is 1. The zero-order chi connectivity index (χ0) is 12.3. The van der Waals surface area contributed by atoms with E-state index in [1.807, 2.05) is 5.38 Å². The lowest BCUT2D eigenvalue weighted by atomic mass is 10.1. The molecule has 4 N–H and O–H groups in total. The third-order valence-corrected chi connectivity index (χ3v) is 2.99. The fraction of sp³-hybridized carbons (Fsp3) is 0.0909. The van der Waals surface area contributed by atoms with Gasteiger partial charge in [0.2, 0.25) is 0 Å². The summed E-state index contributed by atoms with van der Waals surface area (Å²) in [5.74, 6) is -0.970. The Hall–Kier alpha value is -2.08. The summed E-state index contributed by atoms with van der Waals surface area (Å²) in [4.78, 5) is 14.9. The van der Waals surface area contributed by atoms with E-state index in [1.165, 1.54) is 23.5 Å². The summed E-state index contributed by atoms with van der Waals surface area (Å²) < 4.78 is 0. The highest BCUT2D eigenvalue weighted by atomic mass is 32.1. The monoisotopic (exact) mass is 249 g/mol. The van der Waals surface area contributed by atoms with Gasteiger partial charge in [-0.05, 0) is 18.2 Å². The topological polar surface area (TPSA) is 88.2 Å². The van der Waals surface area contributed by atoms with Crippen molar-refractivity contribution in [3.05, 3.63) is 40.3 Å². The molecule has 0 saturated heterocycles. The Bertz CT molecular complexity index is 526. The van der Waals surface area contributed by atoms with Crippen LogP contribution >= 0.6 is 11.3 Å². The average Bonchev–Trinajstić information content (AvgIpc) is 2.80. The van der Waals surface area contributed by atoms with E-state index in [2.05, 4.69) is 10.3 Å². The lowest BCUT2D eigenvalue weighted by molar-refractivity contribution is 0.0697. The van der Waals surface area contributed by atoms with Gasteiger partial charge >= 0.3 is 5.97 Å². The number of nitrogen functional groups attached to an aromatic ring is 1. The number of nitrogens with two attached hydrogens (primary N) is 1. The van der Waals surface area contributed by atoms with Crippen molar-refractivity contribution < 1.29 is 9.90 Å². The third-order valence-electron chi connectivity index (χ3n) is 2.21. The Kier molecular flexibility index (Phi) is 3.24. The minimum absolute atomic E-state index is 0.209. The highest BCUT2D eigenvalue weighted by Gasteiger charge is 2.06. The van der Waals surface area contributed by atoms with Crippen LogP contribution in [0.2, 0.25) is 0 Å². The molecule has 2 aromatic rings. The maximum absolute atomic E-state index is 10.8. The number of carboxylic acids is 1. The van der Waals surface area contributed by atoms with E-state index in [0.717, 1.165) is 5.01 Å². The van der Waals surface area contributed by atoms with Crippen molar-refractivity contribution in [3.8, 4) is 0 Å². The van der Waals surface area contributed by atoms with Gasteiger partial charge in [-0.2, -0.15) is 0 Å². The molecule has 0 saturated carbocycles. The average molecular weight is 249 g/mol. The van der Waals surface area contributed by atoms with E-state index in [-0.39, 0.29) is 5.56 Å². The van der Waals surface area contributed by atoms with E-state index in [1.54, 1.807) is 12.3 Å². The predicted octanol–water partition coefficient (Wildman–Crippen LogP) is 2.04. The largest absolute Gasteiger partial charge is 0.478 e. The maximum Gasteiger partial charge on any atom is 0.335 e.